The topological polar surface area (TPSA) is 56.3 Å². The van der Waals surface area contributed by atoms with E-state index in [9.17, 15) is 4.79 Å². The third-order valence-corrected chi connectivity index (χ3v) is 6.19. The summed E-state index contributed by atoms with van der Waals surface area (Å²) in [6, 6.07) is 16.5. The highest BCUT2D eigenvalue weighted by Gasteiger charge is 2.22. The summed E-state index contributed by atoms with van der Waals surface area (Å²) in [5, 5.41) is 7.86. The second-order valence-corrected chi connectivity index (χ2v) is 8.33. The molecule has 2 atom stereocenters. The minimum absolute atomic E-state index is 0.0755. The van der Waals surface area contributed by atoms with Crippen LogP contribution in [0.5, 0.6) is 0 Å². The molecule has 6 nitrogen and oxygen atoms in total. The molecule has 3 aromatic rings. The van der Waals surface area contributed by atoms with Gasteiger partial charge in [0.05, 0.1) is 30.5 Å². The van der Waals surface area contributed by atoms with Gasteiger partial charge in [0, 0.05) is 26.2 Å². The Morgan fingerprint density at radius 3 is 2.77 bits per heavy atom. The zero-order valence-corrected chi connectivity index (χ0v) is 18.0. The van der Waals surface area contributed by atoms with Crippen LogP contribution in [0.2, 0.25) is 0 Å². The van der Waals surface area contributed by atoms with E-state index in [2.05, 4.69) is 12.2 Å². The summed E-state index contributed by atoms with van der Waals surface area (Å²) in [5.74, 6) is -0.0755. The molecule has 1 aliphatic rings. The lowest BCUT2D eigenvalue weighted by Gasteiger charge is -2.30. The predicted molar refractivity (Wildman–Crippen MR) is 119 cm³/mol. The third kappa shape index (κ3) is 4.49. The fourth-order valence-corrected chi connectivity index (χ4v) is 4.39. The van der Waals surface area contributed by atoms with E-state index in [-0.39, 0.29) is 5.91 Å². The predicted octanol–water partition coefficient (Wildman–Crippen LogP) is 2.46. The van der Waals surface area contributed by atoms with Crippen molar-refractivity contribution in [2.45, 2.75) is 38.6 Å². The van der Waals surface area contributed by atoms with Gasteiger partial charge in [-0.25, -0.2) is 4.68 Å². The largest absolute Gasteiger partial charge is 0.350 e. The number of nitrogens with zero attached hydrogens (tertiary/aromatic N) is 3. The SMILES string of the molecule is C[C@@H]1CCCC[NH+]1CCCNC(=O)c1cc(-c2cccn2C)nn1-c1ccccc1. The molecular formula is C24H32N5O+. The van der Waals surface area contributed by atoms with Crippen LogP contribution in [0.3, 0.4) is 0 Å². The van der Waals surface area contributed by atoms with E-state index in [1.807, 2.05) is 66.3 Å². The molecule has 0 radical (unpaired) electrons. The number of carbonyl (C=O) groups excluding carboxylic acids is 1. The number of para-hydroxylation sites is 1. The number of likely N-dealkylation sites (tertiary alicyclic amines) is 1. The summed E-state index contributed by atoms with van der Waals surface area (Å²) in [5.41, 5.74) is 3.23. The van der Waals surface area contributed by atoms with Crippen LogP contribution >= 0.6 is 0 Å². The van der Waals surface area contributed by atoms with E-state index < -0.39 is 0 Å². The first-order valence-corrected chi connectivity index (χ1v) is 11.0. The first-order chi connectivity index (χ1) is 14.6. The van der Waals surface area contributed by atoms with Crippen LogP contribution in [0.25, 0.3) is 17.1 Å². The number of aryl methyl sites for hydroxylation is 1. The molecule has 0 spiro atoms. The minimum atomic E-state index is -0.0755. The molecule has 2 N–H and O–H groups in total. The molecule has 6 heteroatoms. The van der Waals surface area contributed by atoms with Gasteiger partial charge in [-0.1, -0.05) is 18.2 Å². The van der Waals surface area contributed by atoms with Gasteiger partial charge < -0.3 is 14.8 Å². The fourth-order valence-electron chi connectivity index (χ4n) is 4.39. The molecular weight excluding hydrogens is 374 g/mol. The van der Waals surface area contributed by atoms with Gasteiger partial charge in [0.25, 0.3) is 5.91 Å². The maximum atomic E-state index is 13.0. The van der Waals surface area contributed by atoms with Crippen molar-refractivity contribution < 1.29 is 9.69 Å². The first kappa shape index (κ1) is 20.4. The number of amides is 1. The van der Waals surface area contributed by atoms with E-state index >= 15 is 0 Å². The highest BCUT2D eigenvalue weighted by molar-refractivity contribution is 5.94. The average molecular weight is 407 g/mol. The van der Waals surface area contributed by atoms with Crippen molar-refractivity contribution in [2.24, 2.45) is 7.05 Å². The summed E-state index contributed by atoms with van der Waals surface area (Å²) in [6.07, 6.45) is 6.98. The van der Waals surface area contributed by atoms with E-state index in [0.29, 0.717) is 12.2 Å². The Bertz CT molecular complexity index is 975. The smallest absolute Gasteiger partial charge is 0.270 e. The Balaban J connectivity index is 1.47. The molecule has 158 valence electrons. The van der Waals surface area contributed by atoms with Gasteiger partial charge in [-0.05, 0) is 56.5 Å². The number of quaternary nitrogens is 1. The Labute approximate surface area is 178 Å². The Hall–Kier alpha value is -2.86. The van der Waals surface area contributed by atoms with Crippen LogP contribution in [0.4, 0.5) is 0 Å². The number of hydrogen-bond donors (Lipinski definition) is 2. The molecule has 1 aliphatic heterocycles. The second kappa shape index (κ2) is 9.30. The van der Waals surface area contributed by atoms with E-state index in [1.54, 1.807) is 9.58 Å². The molecule has 1 saturated heterocycles. The van der Waals surface area contributed by atoms with Crippen LogP contribution in [0.15, 0.2) is 54.7 Å². The quantitative estimate of drug-likeness (QED) is 0.592. The van der Waals surface area contributed by atoms with Crippen molar-refractivity contribution in [1.29, 1.82) is 0 Å². The summed E-state index contributed by atoms with van der Waals surface area (Å²) >= 11 is 0. The highest BCUT2D eigenvalue weighted by atomic mass is 16.2. The number of hydrogen-bond acceptors (Lipinski definition) is 2. The fraction of sp³-hybridized carbons (Fsp3) is 0.417. The van der Waals surface area contributed by atoms with Crippen molar-refractivity contribution in [3.05, 3.63) is 60.4 Å². The van der Waals surface area contributed by atoms with Crippen LogP contribution < -0.4 is 10.2 Å². The van der Waals surface area contributed by atoms with Gasteiger partial charge in [-0.2, -0.15) is 5.10 Å². The normalized spacial score (nSPS) is 19.0. The van der Waals surface area contributed by atoms with Gasteiger partial charge in [-0.3, -0.25) is 4.79 Å². The maximum Gasteiger partial charge on any atom is 0.270 e. The molecule has 0 saturated carbocycles. The standard InChI is InChI=1S/C24H31N5O/c1-19-10-6-7-16-28(19)17-9-14-25-24(30)23-18-21(22-13-8-15-27(22)2)26-29(23)20-11-4-3-5-12-20/h3-5,8,11-13,15,18-19H,6-7,9-10,14,16-17H2,1-2H3,(H,25,30)/p+1/t19-/m1/s1. The maximum absolute atomic E-state index is 13.0. The van der Waals surface area contributed by atoms with Crippen molar-refractivity contribution in [3.63, 3.8) is 0 Å². The number of carbonyl (C=O) groups is 1. The van der Waals surface area contributed by atoms with Gasteiger partial charge in [0.1, 0.15) is 11.4 Å². The summed E-state index contributed by atoms with van der Waals surface area (Å²) in [4.78, 5) is 14.7. The summed E-state index contributed by atoms with van der Waals surface area (Å²) < 4.78 is 3.76. The summed E-state index contributed by atoms with van der Waals surface area (Å²) in [6.45, 7) is 5.41. The Kier molecular flexibility index (Phi) is 6.33. The van der Waals surface area contributed by atoms with Gasteiger partial charge in [0.15, 0.2) is 0 Å². The van der Waals surface area contributed by atoms with Gasteiger partial charge in [-0.15, -0.1) is 0 Å². The number of piperidine rings is 1. The molecule has 0 bridgehead atoms. The van der Waals surface area contributed by atoms with Gasteiger partial charge in [0.2, 0.25) is 0 Å². The molecule has 1 fully saturated rings. The van der Waals surface area contributed by atoms with Crippen LogP contribution in [0.1, 0.15) is 43.1 Å². The van der Waals surface area contributed by atoms with Crippen molar-refractivity contribution in [1.82, 2.24) is 19.7 Å². The monoisotopic (exact) mass is 406 g/mol. The molecule has 1 amide bonds. The molecule has 4 rings (SSSR count). The van der Waals surface area contributed by atoms with E-state index in [0.717, 1.165) is 36.1 Å². The number of benzene rings is 1. The first-order valence-electron chi connectivity index (χ1n) is 11.0. The lowest BCUT2D eigenvalue weighted by molar-refractivity contribution is -0.928. The summed E-state index contributed by atoms with van der Waals surface area (Å²) in [7, 11) is 1.99. The highest BCUT2D eigenvalue weighted by Crippen LogP contribution is 2.22. The van der Waals surface area contributed by atoms with Crippen molar-refractivity contribution >= 4 is 5.91 Å². The molecule has 0 aliphatic carbocycles. The molecule has 30 heavy (non-hydrogen) atoms. The number of aromatic nitrogens is 3. The van der Waals surface area contributed by atoms with E-state index in [1.165, 1.54) is 25.8 Å². The molecule has 2 aromatic heterocycles. The minimum Gasteiger partial charge on any atom is -0.350 e. The number of rotatable bonds is 7. The lowest BCUT2D eigenvalue weighted by atomic mass is 10.0. The Morgan fingerprint density at radius 1 is 1.20 bits per heavy atom. The molecule has 1 aromatic carbocycles. The van der Waals surface area contributed by atoms with Crippen molar-refractivity contribution in [3.8, 4) is 17.1 Å². The Morgan fingerprint density at radius 2 is 2.03 bits per heavy atom. The average Bonchev–Trinajstić information content (AvgIpc) is 3.39. The van der Waals surface area contributed by atoms with Crippen molar-refractivity contribution in [2.75, 3.05) is 19.6 Å². The van der Waals surface area contributed by atoms with Crippen LogP contribution in [0, 0.1) is 0 Å². The third-order valence-electron chi connectivity index (χ3n) is 6.19. The van der Waals surface area contributed by atoms with Crippen LogP contribution in [-0.2, 0) is 7.05 Å². The van der Waals surface area contributed by atoms with Gasteiger partial charge >= 0.3 is 0 Å². The van der Waals surface area contributed by atoms with E-state index in [4.69, 9.17) is 5.10 Å². The van der Waals surface area contributed by atoms with Crippen LogP contribution in [-0.4, -0.2) is 45.9 Å². The second-order valence-electron chi connectivity index (χ2n) is 8.33. The zero-order chi connectivity index (χ0) is 20.9. The lowest BCUT2D eigenvalue weighted by Crippen LogP contribution is -3.16. The molecule has 1 unspecified atom stereocenters. The number of nitrogens with one attached hydrogen (secondary N) is 2. The molecule has 3 heterocycles. The zero-order valence-electron chi connectivity index (χ0n) is 18.0.